The monoisotopic (exact) mass is 206 g/mol. The lowest BCUT2D eigenvalue weighted by Gasteiger charge is -2.16. The van der Waals surface area contributed by atoms with Crippen molar-refractivity contribution in [1.82, 2.24) is 9.55 Å². The molecule has 1 aliphatic heterocycles. The second-order valence-corrected chi connectivity index (χ2v) is 4.26. The number of nitrogens with zero attached hydrogens (tertiary/aromatic N) is 2. The Morgan fingerprint density at radius 3 is 2.93 bits per heavy atom. The van der Waals surface area contributed by atoms with Crippen LogP contribution < -0.4 is 0 Å². The predicted molar refractivity (Wildman–Crippen MR) is 58.9 cm³/mol. The van der Waals surface area contributed by atoms with E-state index in [1.165, 1.54) is 18.5 Å². The van der Waals surface area contributed by atoms with Crippen LogP contribution in [-0.2, 0) is 30.6 Å². The molecule has 82 valence electrons. The van der Waals surface area contributed by atoms with Gasteiger partial charge in [-0.1, -0.05) is 6.92 Å². The first-order chi connectivity index (χ1) is 7.22. The van der Waals surface area contributed by atoms with E-state index in [1.807, 2.05) is 0 Å². The summed E-state index contributed by atoms with van der Waals surface area (Å²) in [6.07, 6.45) is 5.05. The summed E-state index contributed by atoms with van der Waals surface area (Å²) < 4.78 is 2.32. The van der Waals surface area contributed by atoms with Crippen molar-refractivity contribution >= 4 is 5.78 Å². The van der Waals surface area contributed by atoms with Gasteiger partial charge in [0.05, 0.1) is 12.1 Å². The number of Topliss-reactive ketones (excluding diaryl/α,β-unsaturated/α-hetero) is 1. The third-order valence-electron chi connectivity index (χ3n) is 3.01. The van der Waals surface area contributed by atoms with Gasteiger partial charge in [0.15, 0.2) is 0 Å². The van der Waals surface area contributed by atoms with Crippen molar-refractivity contribution in [2.24, 2.45) is 0 Å². The molecule has 3 heteroatoms. The highest BCUT2D eigenvalue weighted by Crippen LogP contribution is 2.21. The van der Waals surface area contributed by atoms with Crippen LogP contribution in [0.3, 0.4) is 0 Å². The zero-order valence-electron chi connectivity index (χ0n) is 9.55. The van der Waals surface area contributed by atoms with Gasteiger partial charge in [-0.15, -0.1) is 0 Å². The van der Waals surface area contributed by atoms with Crippen LogP contribution in [0.1, 0.15) is 43.9 Å². The van der Waals surface area contributed by atoms with E-state index >= 15 is 0 Å². The molecule has 1 aromatic heterocycles. The fourth-order valence-electron chi connectivity index (χ4n) is 2.35. The van der Waals surface area contributed by atoms with Gasteiger partial charge in [0.25, 0.3) is 0 Å². The SMILES string of the molecule is CCc1nc(CC(C)=O)c2n1CCCC2. The highest BCUT2D eigenvalue weighted by Gasteiger charge is 2.19. The molecule has 2 heterocycles. The molecule has 0 saturated carbocycles. The van der Waals surface area contributed by atoms with E-state index in [-0.39, 0.29) is 5.78 Å². The van der Waals surface area contributed by atoms with Crippen LogP contribution in [0.25, 0.3) is 0 Å². The zero-order chi connectivity index (χ0) is 10.8. The summed E-state index contributed by atoms with van der Waals surface area (Å²) in [5.41, 5.74) is 2.34. The van der Waals surface area contributed by atoms with Crippen LogP contribution in [0.5, 0.6) is 0 Å². The van der Waals surface area contributed by atoms with E-state index in [0.29, 0.717) is 6.42 Å². The lowest BCUT2D eigenvalue weighted by atomic mass is 10.1. The summed E-state index contributed by atoms with van der Waals surface area (Å²) in [5, 5.41) is 0. The third-order valence-corrected chi connectivity index (χ3v) is 3.01. The van der Waals surface area contributed by atoms with E-state index in [9.17, 15) is 4.79 Å². The Kier molecular flexibility index (Phi) is 2.89. The maximum atomic E-state index is 11.1. The van der Waals surface area contributed by atoms with E-state index in [1.54, 1.807) is 6.92 Å². The highest BCUT2D eigenvalue weighted by molar-refractivity contribution is 5.78. The zero-order valence-corrected chi connectivity index (χ0v) is 9.55. The molecule has 1 aromatic rings. The number of aryl methyl sites for hydroxylation is 1. The first-order valence-corrected chi connectivity index (χ1v) is 5.79. The molecular weight excluding hydrogens is 188 g/mol. The van der Waals surface area contributed by atoms with E-state index in [0.717, 1.165) is 30.9 Å². The van der Waals surface area contributed by atoms with Crippen LogP contribution in [0, 0.1) is 0 Å². The molecule has 0 radical (unpaired) electrons. The maximum absolute atomic E-state index is 11.1. The van der Waals surface area contributed by atoms with Crippen molar-refractivity contribution in [1.29, 1.82) is 0 Å². The average Bonchev–Trinajstić information content (AvgIpc) is 2.56. The van der Waals surface area contributed by atoms with Crippen LogP contribution in [0.2, 0.25) is 0 Å². The summed E-state index contributed by atoms with van der Waals surface area (Å²) in [5.74, 6) is 1.37. The molecule has 0 bridgehead atoms. The van der Waals surface area contributed by atoms with Gasteiger partial charge in [-0.05, 0) is 26.2 Å². The summed E-state index contributed by atoms with van der Waals surface area (Å²) in [7, 11) is 0. The van der Waals surface area contributed by atoms with Gasteiger partial charge < -0.3 is 4.57 Å². The van der Waals surface area contributed by atoms with Crippen LogP contribution in [0.4, 0.5) is 0 Å². The maximum Gasteiger partial charge on any atom is 0.135 e. The van der Waals surface area contributed by atoms with Crippen LogP contribution in [-0.4, -0.2) is 15.3 Å². The number of hydrogen-bond donors (Lipinski definition) is 0. The average molecular weight is 206 g/mol. The number of fused-ring (bicyclic) bond motifs is 1. The number of carbonyl (C=O) groups excluding carboxylic acids is 1. The summed E-state index contributed by atoms with van der Waals surface area (Å²) in [4.78, 5) is 15.7. The Balaban J connectivity index is 2.37. The van der Waals surface area contributed by atoms with Crippen molar-refractivity contribution < 1.29 is 4.79 Å². The first-order valence-electron chi connectivity index (χ1n) is 5.79. The van der Waals surface area contributed by atoms with Crippen LogP contribution in [0.15, 0.2) is 0 Å². The van der Waals surface area contributed by atoms with Gasteiger partial charge in [0.1, 0.15) is 11.6 Å². The third kappa shape index (κ3) is 1.96. The molecule has 0 spiro atoms. The summed E-state index contributed by atoms with van der Waals surface area (Å²) in [6.45, 7) is 4.85. The van der Waals surface area contributed by atoms with Gasteiger partial charge in [-0.25, -0.2) is 4.98 Å². The minimum Gasteiger partial charge on any atom is -0.332 e. The van der Waals surface area contributed by atoms with Gasteiger partial charge in [-0.3, -0.25) is 4.79 Å². The molecule has 0 saturated heterocycles. The van der Waals surface area contributed by atoms with E-state index < -0.39 is 0 Å². The summed E-state index contributed by atoms with van der Waals surface area (Å²) >= 11 is 0. The molecule has 0 amide bonds. The summed E-state index contributed by atoms with van der Waals surface area (Å²) in [6, 6.07) is 0. The fourth-order valence-corrected chi connectivity index (χ4v) is 2.35. The normalized spacial score (nSPS) is 15.1. The molecule has 0 aromatic carbocycles. The van der Waals surface area contributed by atoms with Gasteiger partial charge >= 0.3 is 0 Å². The standard InChI is InChI=1S/C12H18N2O/c1-3-12-13-10(8-9(2)15)11-6-4-5-7-14(11)12/h3-8H2,1-2H3. The number of imidazole rings is 1. The first kappa shape index (κ1) is 10.4. The molecule has 2 rings (SSSR count). The molecule has 0 fully saturated rings. The molecule has 3 nitrogen and oxygen atoms in total. The Hall–Kier alpha value is -1.12. The lowest BCUT2D eigenvalue weighted by molar-refractivity contribution is -0.116. The molecule has 1 aliphatic rings. The van der Waals surface area contributed by atoms with Crippen molar-refractivity contribution in [2.75, 3.05) is 0 Å². The Labute approximate surface area is 90.5 Å². The lowest BCUT2D eigenvalue weighted by Crippen LogP contribution is -2.13. The van der Waals surface area contributed by atoms with Crippen LogP contribution >= 0.6 is 0 Å². The molecule has 0 N–H and O–H groups in total. The molecule has 0 aliphatic carbocycles. The van der Waals surface area contributed by atoms with Crippen molar-refractivity contribution in [3.63, 3.8) is 0 Å². The molecule has 0 atom stereocenters. The highest BCUT2D eigenvalue weighted by atomic mass is 16.1. The Morgan fingerprint density at radius 2 is 2.27 bits per heavy atom. The minimum absolute atomic E-state index is 0.212. The Bertz CT molecular complexity index is 379. The quantitative estimate of drug-likeness (QED) is 0.757. The van der Waals surface area contributed by atoms with Gasteiger partial charge in [0.2, 0.25) is 0 Å². The molecule has 15 heavy (non-hydrogen) atoms. The second-order valence-electron chi connectivity index (χ2n) is 4.26. The topological polar surface area (TPSA) is 34.9 Å². The van der Waals surface area contributed by atoms with Crippen molar-refractivity contribution in [3.8, 4) is 0 Å². The minimum atomic E-state index is 0.212. The van der Waals surface area contributed by atoms with E-state index in [2.05, 4.69) is 16.5 Å². The van der Waals surface area contributed by atoms with E-state index in [4.69, 9.17) is 0 Å². The molecular formula is C12H18N2O. The molecule has 0 unspecified atom stereocenters. The van der Waals surface area contributed by atoms with Gasteiger partial charge in [0, 0.05) is 18.7 Å². The number of hydrogen-bond acceptors (Lipinski definition) is 2. The van der Waals surface area contributed by atoms with Crippen molar-refractivity contribution in [2.45, 2.75) is 52.5 Å². The number of aromatic nitrogens is 2. The smallest absolute Gasteiger partial charge is 0.135 e. The fraction of sp³-hybridized carbons (Fsp3) is 0.667. The number of ketones is 1. The largest absolute Gasteiger partial charge is 0.332 e. The Morgan fingerprint density at radius 1 is 1.47 bits per heavy atom. The van der Waals surface area contributed by atoms with Crippen molar-refractivity contribution in [3.05, 3.63) is 17.2 Å². The van der Waals surface area contributed by atoms with Gasteiger partial charge in [-0.2, -0.15) is 0 Å². The number of carbonyl (C=O) groups is 1. The second kappa shape index (κ2) is 4.17. The number of rotatable bonds is 3. The predicted octanol–water partition coefficient (Wildman–Crippen LogP) is 1.91.